The summed E-state index contributed by atoms with van der Waals surface area (Å²) in [6, 6.07) is 3.04. The van der Waals surface area contributed by atoms with Gasteiger partial charge in [0.05, 0.1) is 0 Å². The Morgan fingerprint density at radius 1 is 1.29 bits per heavy atom. The van der Waals surface area contributed by atoms with Gasteiger partial charge in [0.2, 0.25) is 0 Å². The third-order valence-electron chi connectivity index (χ3n) is 4.33. The van der Waals surface area contributed by atoms with Crippen LogP contribution in [0.3, 0.4) is 0 Å². The lowest BCUT2D eigenvalue weighted by molar-refractivity contribution is 0.160. The summed E-state index contributed by atoms with van der Waals surface area (Å²) in [6.45, 7) is 7.77. The van der Waals surface area contributed by atoms with E-state index in [2.05, 4.69) is 17.1 Å². The molecule has 21 heavy (non-hydrogen) atoms. The lowest BCUT2D eigenvalue weighted by atomic mass is 9.95. The highest BCUT2D eigenvalue weighted by Crippen LogP contribution is 2.35. The minimum absolute atomic E-state index is 0.119. The lowest BCUT2D eigenvalue weighted by Crippen LogP contribution is -2.45. The number of rotatable bonds is 6. The van der Waals surface area contributed by atoms with E-state index in [1.165, 1.54) is 25.0 Å². The summed E-state index contributed by atoms with van der Waals surface area (Å²) >= 11 is 0. The van der Waals surface area contributed by atoms with Crippen molar-refractivity contribution in [2.24, 2.45) is 0 Å². The number of hydrogen-bond acceptors (Lipinski definition) is 3. The maximum atomic E-state index is 13.8. The zero-order valence-electron chi connectivity index (χ0n) is 13.2. The van der Waals surface area contributed by atoms with Gasteiger partial charge in [-0.3, -0.25) is 4.90 Å². The third-order valence-corrected chi connectivity index (χ3v) is 4.33. The summed E-state index contributed by atoms with van der Waals surface area (Å²) in [5, 5.41) is 13.7. The molecule has 1 atom stereocenters. The second-order valence-electron chi connectivity index (χ2n) is 5.96. The van der Waals surface area contributed by atoms with E-state index in [4.69, 9.17) is 0 Å². The Balaban J connectivity index is 2.24. The molecule has 1 aromatic carbocycles. The number of piperazine rings is 1. The maximum Gasteiger partial charge on any atom is 0.124 e. The molecular formula is C17H27FN2O. The van der Waals surface area contributed by atoms with Crippen LogP contribution in [-0.4, -0.2) is 36.2 Å². The van der Waals surface area contributed by atoms with Crippen LogP contribution in [0, 0.1) is 12.7 Å². The first-order valence-corrected chi connectivity index (χ1v) is 8.07. The quantitative estimate of drug-likeness (QED) is 0.790. The van der Waals surface area contributed by atoms with E-state index in [1.54, 1.807) is 6.92 Å². The van der Waals surface area contributed by atoms with Crippen molar-refractivity contribution in [3.63, 3.8) is 0 Å². The van der Waals surface area contributed by atoms with Gasteiger partial charge in [0.15, 0.2) is 0 Å². The SMILES string of the molecule is CCCCC[C@@H](c1cc(F)cc(C)c1O)N1CCNCC1. The number of phenols is 1. The summed E-state index contributed by atoms with van der Waals surface area (Å²) in [5.41, 5.74) is 1.38. The lowest BCUT2D eigenvalue weighted by Gasteiger charge is -2.36. The van der Waals surface area contributed by atoms with Gasteiger partial charge in [-0.1, -0.05) is 26.2 Å². The van der Waals surface area contributed by atoms with Gasteiger partial charge >= 0.3 is 0 Å². The minimum Gasteiger partial charge on any atom is -0.507 e. The number of unbranched alkanes of at least 4 members (excludes halogenated alkanes) is 2. The first kappa shape index (κ1) is 16.2. The molecule has 0 saturated carbocycles. The first-order chi connectivity index (χ1) is 10.1. The Hall–Kier alpha value is -1.13. The van der Waals surface area contributed by atoms with E-state index in [0.29, 0.717) is 5.56 Å². The number of phenolic OH excluding ortho intramolecular Hbond substituents is 1. The number of aromatic hydroxyl groups is 1. The second-order valence-corrected chi connectivity index (χ2v) is 5.96. The highest BCUT2D eigenvalue weighted by molar-refractivity contribution is 5.42. The van der Waals surface area contributed by atoms with Crippen molar-refractivity contribution in [3.05, 3.63) is 29.1 Å². The van der Waals surface area contributed by atoms with Crippen LogP contribution >= 0.6 is 0 Å². The predicted octanol–water partition coefficient (Wildman–Crippen LogP) is 3.37. The van der Waals surface area contributed by atoms with Gasteiger partial charge < -0.3 is 10.4 Å². The van der Waals surface area contributed by atoms with Crippen molar-refractivity contribution in [3.8, 4) is 5.75 Å². The molecule has 2 rings (SSSR count). The Labute approximate surface area is 127 Å². The van der Waals surface area contributed by atoms with E-state index in [0.717, 1.165) is 44.6 Å². The van der Waals surface area contributed by atoms with Gasteiger partial charge in [-0.25, -0.2) is 4.39 Å². The Kier molecular flexibility index (Phi) is 6.00. The van der Waals surface area contributed by atoms with Crippen LogP contribution in [0.15, 0.2) is 12.1 Å². The van der Waals surface area contributed by atoms with Crippen molar-refractivity contribution in [1.29, 1.82) is 0 Å². The minimum atomic E-state index is -0.254. The van der Waals surface area contributed by atoms with Crippen LogP contribution in [0.1, 0.15) is 49.8 Å². The maximum absolute atomic E-state index is 13.8. The van der Waals surface area contributed by atoms with Crippen molar-refractivity contribution >= 4 is 0 Å². The normalized spacial score (nSPS) is 17.9. The largest absolute Gasteiger partial charge is 0.507 e. The first-order valence-electron chi connectivity index (χ1n) is 8.07. The molecule has 4 heteroatoms. The van der Waals surface area contributed by atoms with E-state index in [-0.39, 0.29) is 17.6 Å². The molecule has 1 aliphatic heterocycles. The fraction of sp³-hybridized carbons (Fsp3) is 0.647. The molecule has 118 valence electrons. The molecule has 1 aliphatic rings. The fourth-order valence-electron chi connectivity index (χ4n) is 3.13. The zero-order valence-corrected chi connectivity index (χ0v) is 13.2. The summed E-state index contributed by atoms with van der Waals surface area (Å²) in [4.78, 5) is 2.38. The van der Waals surface area contributed by atoms with Crippen LogP contribution < -0.4 is 5.32 Å². The highest BCUT2D eigenvalue weighted by Gasteiger charge is 2.25. The average molecular weight is 294 g/mol. The van der Waals surface area contributed by atoms with Gasteiger partial charge in [-0.15, -0.1) is 0 Å². The van der Waals surface area contributed by atoms with Crippen molar-refractivity contribution in [2.75, 3.05) is 26.2 Å². The highest BCUT2D eigenvalue weighted by atomic mass is 19.1. The van der Waals surface area contributed by atoms with Gasteiger partial charge in [0.1, 0.15) is 11.6 Å². The van der Waals surface area contributed by atoms with Crippen LogP contribution in [0.2, 0.25) is 0 Å². The molecule has 0 spiro atoms. The molecule has 0 amide bonds. The van der Waals surface area contributed by atoms with Crippen molar-refractivity contribution in [1.82, 2.24) is 10.2 Å². The zero-order chi connectivity index (χ0) is 15.2. The number of nitrogens with zero attached hydrogens (tertiary/aromatic N) is 1. The molecule has 3 nitrogen and oxygen atoms in total. The number of aryl methyl sites for hydroxylation is 1. The molecule has 1 aromatic rings. The van der Waals surface area contributed by atoms with E-state index in [9.17, 15) is 9.50 Å². The van der Waals surface area contributed by atoms with Gasteiger partial charge in [0.25, 0.3) is 0 Å². The molecule has 1 saturated heterocycles. The third kappa shape index (κ3) is 4.17. The smallest absolute Gasteiger partial charge is 0.124 e. The molecule has 1 fully saturated rings. The molecule has 0 unspecified atom stereocenters. The van der Waals surface area contributed by atoms with E-state index in [1.807, 2.05) is 0 Å². The summed E-state index contributed by atoms with van der Waals surface area (Å²) in [7, 11) is 0. The van der Waals surface area contributed by atoms with Crippen LogP contribution in [0.5, 0.6) is 5.75 Å². The number of halogens is 1. The molecule has 0 radical (unpaired) electrons. The molecule has 0 aliphatic carbocycles. The average Bonchev–Trinajstić information content (AvgIpc) is 2.49. The standard InChI is InChI=1S/C17H27FN2O/c1-3-4-5-6-16(20-9-7-19-8-10-20)15-12-14(18)11-13(2)17(15)21/h11-12,16,19,21H,3-10H2,1-2H3/t16-/m0/s1. The molecular weight excluding hydrogens is 267 g/mol. The van der Waals surface area contributed by atoms with Gasteiger partial charge in [-0.05, 0) is 31.0 Å². The number of nitrogens with one attached hydrogen (secondary N) is 1. The van der Waals surface area contributed by atoms with E-state index >= 15 is 0 Å². The van der Waals surface area contributed by atoms with Crippen LogP contribution in [0.4, 0.5) is 4.39 Å². The van der Waals surface area contributed by atoms with Crippen molar-refractivity contribution in [2.45, 2.75) is 45.6 Å². The predicted molar refractivity (Wildman–Crippen MR) is 84.1 cm³/mol. The number of benzene rings is 1. The fourth-order valence-corrected chi connectivity index (χ4v) is 3.13. The van der Waals surface area contributed by atoms with Crippen LogP contribution in [-0.2, 0) is 0 Å². The summed E-state index contributed by atoms with van der Waals surface area (Å²) in [5.74, 6) is 0.00681. The van der Waals surface area contributed by atoms with Gasteiger partial charge in [-0.2, -0.15) is 0 Å². The van der Waals surface area contributed by atoms with Crippen LogP contribution in [0.25, 0.3) is 0 Å². The molecule has 1 heterocycles. The monoisotopic (exact) mass is 294 g/mol. The molecule has 0 aromatic heterocycles. The van der Waals surface area contributed by atoms with Crippen molar-refractivity contribution < 1.29 is 9.50 Å². The summed E-state index contributed by atoms with van der Waals surface area (Å²) in [6.07, 6.45) is 4.43. The topological polar surface area (TPSA) is 35.5 Å². The molecule has 0 bridgehead atoms. The Morgan fingerprint density at radius 3 is 2.67 bits per heavy atom. The Bertz CT molecular complexity index is 458. The number of hydrogen-bond donors (Lipinski definition) is 2. The van der Waals surface area contributed by atoms with E-state index < -0.39 is 0 Å². The van der Waals surface area contributed by atoms with Gasteiger partial charge in [0, 0.05) is 37.8 Å². The summed E-state index contributed by atoms with van der Waals surface area (Å²) < 4.78 is 13.8. The Morgan fingerprint density at radius 2 is 2.00 bits per heavy atom. The second kappa shape index (κ2) is 7.76. The molecule has 2 N–H and O–H groups in total.